The van der Waals surface area contributed by atoms with E-state index in [1.807, 2.05) is 25.1 Å². The summed E-state index contributed by atoms with van der Waals surface area (Å²) in [6, 6.07) is 9.61. The van der Waals surface area contributed by atoms with Gasteiger partial charge in [-0.1, -0.05) is 31.2 Å². The Morgan fingerprint density at radius 2 is 1.68 bits per heavy atom. The van der Waals surface area contributed by atoms with Crippen molar-refractivity contribution in [3.63, 3.8) is 0 Å². The fourth-order valence-corrected chi connectivity index (χ4v) is 2.48. The van der Waals surface area contributed by atoms with Gasteiger partial charge in [-0.2, -0.15) is 10.1 Å². The minimum atomic E-state index is -0.728. The highest BCUT2D eigenvalue weighted by molar-refractivity contribution is 5.65. The molecule has 1 aromatic heterocycles. The number of para-hydroxylation sites is 2. The highest BCUT2D eigenvalue weighted by Crippen LogP contribution is 2.25. The molecule has 128 valence electrons. The molecule has 5 nitrogen and oxygen atoms in total. The first-order chi connectivity index (χ1) is 12.1. The van der Waals surface area contributed by atoms with Gasteiger partial charge < -0.3 is 10.6 Å². The van der Waals surface area contributed by atoms with Crippen molar-refractivity contribution in [2.75, 3.05) is 10.6 Å². The molecule has 3 aromatic rings. The second kappa shape index (κ2) is 7.21. The number of nitrogens with zero attached hydrogens (tertiary/aromatic N) is 3. The number of aromatic nitrogens is 3. The van der Waals surface area contributed by atoms with E-state index in [1.165, 1.54) is 12.3 Å². The molecule has 1 heterocycles. The highest BCUT2D eigenvalue weighted by atomic mass is 19.1. The number of benzene rings is 2. The fraction of sp³-hybridized carbons (Fsp3) is 0.167. The molecule has 0 saturated heterocycles. The van der Waals surface area contributed by atoms with Crippen LogP contribution in [0.1, 0.15) is 18.1 Å². The van der Waals surface area contributed by atoms with Crippen LogP contribution in [0.5, 0.6) is 0 Å². The Balaban J connectivity index is 1.88. The number of halogens is 2. The molecule has 0 bridgehead atoms. The van der Waals surface area contributed by atoms with Gasteiger partial charge in [0.05, 0.1) is 6.20 Å². The number of rotatable bonds is 5. The van der Waals surface area contributed by atoms with Crippen LogP contribution in [0.3, 0.4) is 0 Å². The molecule has 0 radical (unpaired) electrons. The Morgan fingerprint density at radius 3 is 2.40 bits per heavy atom. The third-order valence-electron chi connectivity index (χ3n) is 3.75. The molecule has 0 unspecified atom stereocenters. The van der Waals surface area contributed by atoms with E-state index in [2.05, 4.69) is 32.7 Å². The largest absolute Gasteiger partial charge is 0.338 e. The van der Waals surface area contributed by atoms with E-state index in [1.54, 1.807) is 0 Å². The topological polar surface area (TPSA) is 62.7 Å². The molecule has 25 heavy (non-hydrogen) atoms. The standard InChI is InChI=1S/C18H17F2N5/c1-3-12-7-4-6-11(2)16(12)22-15-10-21-25-18(23-15)24-17-13(19)8-5-9-14(17)20/h4-10H,3H2,1-2H3,(H2,22,23,24,25). The molecule has 2 N–H and O–H groups in total. The predicted octanol–water partition coefficient (Wildman–Crippen LogP) is 4.51. The van der Waals surface area contributed by atoms with Gasteiger partial charge in [0.1, 0.15) is 17.3 Å². The fourth-order valence-electron chi connectivity index (χ4n) is 2.48. The molecule has 0 amide bonds. The molecule has 0 atom stereocenters. The SMILES string of the molecule is CCc1cccc(C)c1Nc1cnnc(Nc2c(F)cccc2F)n1. The number of nitrogens with one attached hydrogen (secondary N) is 2. The monoisotopic (exact) mass is 341 g/mol. The van der Waals surface area contributed by atoms with Gasteiger partial charge in [0.2, 0.25) is 5.95 Å². The van der Waals surface area contributed by atoms with E-state index in [9.17, 15) is 8.78 Å². The molecule has 0 spiro atoms. The van der Waals surface area contributed by atoms with Gasteiger partial charge in [-0.3, -0.25) is 0 Å². The van der Waals surface area contributed by atoms with Crippen LogP contribution in [0.4, 0.5) is 31.9 Å². The molecule has 0 saturated carbocycles. The van der Waals surface area contributed by atoms with Crippen LogP contribution in [-0.4, -0.2) is 15.2 Å². The van der Waals surface area contributed by atoms with Gasteiger partial charge in [-0.05, 0) is 36.6 Å². The minimum Gasteiger partial charge on any atom is -0.338 e. The van der Waals surface area contributed by atoms with Crippen LogP contribution in [-0.2, 0) is 6.42 Å². The lowest BCUT2D eigenvalue weighted by Crippen LogP contribution is -2.06. The summed E-state index contributed by atoms with van der Waals surface area (Å²) in [6.45, 7) is 4.05. The smallest absolute Gasteiger partial charge is 0.249 e. The van der Waals surface area contributed by atoms with Crippen LogP contribution in [0.15, 0.2) is 42.6 Å². The van der Waals surface area contributed by atoms with Crippen molar-refractivity contribution in [1.29, 1.82) is 0 Å². The van der Waals surface area contributed by atoms with Crippen molar-refractivity contribution in [2.45, 2.75) is 20.3 Å². The second-order valence-electron chi connectivity index (χ2n) is 5.47. The van der Waals surface area contributed by atoms with Crippen molar-refractivity contribution < 1.29 is 8.78 Å². The van der Waals surface area contributed by atoms with Gasteiger partial charge in [0.25, 0.3) is 0 Å². The first kappa shape index (κ1) is 16.8. The quantitative estimate of drug-likeness (QED) is 0.715. The summed E-state index contributed by atoms with van der Waals surface area (Å²) >= 11 is 0. The average Bonchev–Trinajstić information content (AvgIpc) is 2.60. The van der Waals surface area contributed by atoms with Gasteiger partial charge in [0, 0.05) is 5.69 Å². The van der Waals surface area contributed by atoms with E-state index in [0.717, 1.165) is 35.4 Å². The number of hydrogen-bond donors (Lipinski definition) is 2. The van der Waals surface area contributed by atoms with Crippen LogP contribution in [0.25, 0.3) is 0 Å². The number of hydrogen-bond acceptors (Lipinski definition) is 5. The summed E-state index contributed by atoms with van der Waals surface area (Å²) in [5.41, 5.74) is 2.82. The Morgan fingerprint density at radius 1 is 0.960 bits per heavy atom. The van der Waals surface area contributed by atoms with E-state index < -0.39 is 11.6 Å². The maximum Gasteiger partial charge on any atom is 0.249 e. The molecule has 7 heteroatoms. The Bertz CT molecular complexity index is 878. The minimum absolute atomic E-state index is 0.000586. The van der Waals surface area contributed by atoms with Crippen LogP contribution < -0.4 is 10.6 Å². The molecule has 0 aliphatic rings. The molecule has 0 aliphatic heterocycles. The Labute approximate surface area is 144 Å². The lowest BCUT2D eigenvalue weighted by Gasteiger charge is -2.13. The summed E-state index contributed by atoms with van der Waals surface area (Å²) in [5.74, 6) is -1.03. The van der Waals surface area contributed by atoms with E-state index in [0.29, 0.717) is 5.82 Å². The average molecular weight is 341 g/mol. The number of aryl methyl sites for hydroxylation is 2. The molecular weight excluding hydrogens is 324 g/mol. The van der Waals surface area contributed by atoms with Crippen molar-refractivity contribution in [3.8, 4) is 0 Å². The number of anilines is 4. The zero-order valence-electron chi connectivity index (χ0n) is 13.8. The molecule has 0 aliphatic carbocycles. The summed E-state index contributed by atoms with van der Waals surface area (Å²) in [7, 11) is 0. The Hall–Kier alpha value is -3.09. The summed E-state index contributed by atoms with van der Waals surface area (Å²) in [4.78, 5) is 4.23. The van der Waals surface area contributed by atoms with Gasteiger partial charge in [0.15, 0.2) is 5.82 Å². The van der Waals surface area contributed by atoms with E-state index in [4.69, 9.17) is 0 Å². The first-order valence-corrected chi connectivity index (χ1v) is 7.84. The van der Waals surface area contributed by atoms with E-state index in [-0.39, 0.29) is 11.6 Å². The molecule has 2 aromatic carbocycles. The van der Waals surface area contributed by atoms with Gasteiger partial charge >= 0.3 is 0 Å². The first-order valence-electron chi connectivity index (χ1n) is 7.84. The van der Waals surface area contributed by atoms with Crippen LogP contribution >= 0.6 is 0 Å². The van der Waals surface area contributed by atoms with Crippen LogP contribution in [0, 0.1) is 18.6 Å². The lowest BCUT2D eigenvalue weighted by atomic mass is 10.1. The zero-order chi connectivity index (χ0) is 17.8. The summed E-state index contributed by atoms with van der Waals surface area (Å²) < 4.78 is 27.5. The second-order valence-corrected chi connectivity index (χ2v) is 5.47. The van der Waals surface area contributed by atoms with Crippen LogP contribution in [0.2, 0.25) is 0 Å². The lowest BCUT2D eigenvalue weighted by molar-refractivity contribution is 0.590. The van der Waals surface area contributed by atoms with Crippen molar-refractivity contribution in [1.82, 2.24) is 15.2 Å². The molecule has 3 rings (SSSR count). The molecule has 0 fully saturated rings. The van der Waals surface area contributed by atoms with Gasteiger partial charge in [-0.15, -0.1) is 5.10 Å². The van der Waals surface area contributed by atoms with Gasteiger partial charge in [-0.25, -0.2) is 8.78 Å². The van der Waals surface area contributed by atoms with Crippen molar-refractivity contribution >= 4 is 23.1 Å². The predicted molar refractivity (Wildman–Crippen MR) is 93.3 cm³/mol. The van der Waals surface area contributed by atoms with Crippen molar-refractivity contribution in [3.05, 3.63) is 65.4 Å². The maximum atomic E-state index is 13.7. The third kappa shape index (κ3) is 3.71. The van der Waals surface area contributed by atoms with E-state index >= 15 is 0 Å². The maximum absolute atomic E-state index is 13.7. The normalized spacial score (nSPS) is 10.6. The highest BCUT2D eigenvalue weighted by Gasteiger charge is 2.11. The zero-order valence-corrected chi connectivity index (χ0v) is 13.8. The third-order valence-corrected chi connectivity index (χ3v) is 3.75. The molecular formula is C18H17F2N5. The summed E-state index contributed by atoms with van der Waals surface area (Å²) in [5, 5.41) is 13.4. The summed E-state index contributed by atoms with van der Waals surface area (Å²) in [6.07, 6.45) is 2.31. The Kier molecular flexibility index (Phi) is 4.83. The van der Waals surface area contributed by atoms with Crippen molar-refractivity contribution in [2.24, 2.45) is 0 Å².